The topological polar surface area (TPSA) is 105 Å². The summed E-state index contributed by atoms with van der Waals surface area (Å²) in [5.41, 5.74) is 7.22. The molecule has 1 unspecified atom stereocenters. The van der Waals surface area contributed by atoms with Crippen molar-refractivity contribution < 1.29 is 4.79 Å². The molecule has 0 radical (unpaired) electrons. The van der Waals surface area contributed by atoms with Crippen LogP contribution in [0.2, 0.25) is 5.02 Å². The Balaban J connectivity index is 2.21. The van der Waals surface area contributed by atoms with Crippen molar-refractivity contribution in [2.75, 3.05) is 13.1 Å². The lowest BCUT2D eigenvalue weighted by molar-refractivity contribution is 0.0601. The van der Waals surface area contributed by atoms with Gasteiger partial charge in [-0.15, -0.1) is 0 Å². The molecule has 35 heavy (non-hydrogen) atoms. The molecular weight excluding hydrogens is 462 g/mol. The number of halogens is 1. The van der Waals surface area contributed by atoms with Crippen molar-refractivity contribution in [1.29, 1.82) is 5.26 Å². The number of nitrogens with zero attached hydrogens (tertiary/aromatic N) is 4. The van der Waals surface area contributed by atoms with Crippen LogP contribution in [-0.2, 0) is 6.54 Å². The summed E-state index contributed by atoms with van der Waals surface area (Å²) in [4.78, 5) is 32.7. The van der Waals surface area contributed by atoms with E-state index in [0.717, 1.165) is 5.56 Å². The molecule has 0 saturated carbocycles. The molecule has 0 aliphatic heterocycles. The van der Waals surface area contributed by atoms with Crippen LogP contribution in [0.3, 0.4) is 0 Å². The van der Waals surface area contributed by atoms with E-state index in [-0.39, 0.29) is 17.4 Å². The second kappa shape index (κ2) is 11.8. The fourth-order valence-electron chi connectivity index (χ4n) is 4.19. The van der Waals surface area contributed by atoms with Crippen molar-refractivity contribution in [1.82, 2.24) is 14.5 Å². The molecule has 3 aromatic rings. The highest BCUT2D eigenvalue weighted by Gasteiger charge is 2.33. The summed E-state index contributed by atoms with van der Waals surface area (Å²) >= 11 is 6.03. The maximum Gasteiger partial charge on any atom is 0.291 e. The molecule has 1 aromatic heterocycles. The third kappa shape index (κ3) is 5.97. The molecule has 8 heteroatoms. The minimum atomic E-state index is -0.590. The third-order valence-corrected chi connectivity index (χ3v) is 6.21. The van der Waals surface area contributed by atoms with Gasteiger partial charge in [-0.1, -0.05) is 55.8 Å². The van der Waals surface area contributed by atoms with Crippen molar-refractivity contribution in [3.63, 3.8) is 0 Å². The zero-order valence-corrected chi connectivity index (χ0v) is 21.0. The second-order valence-electron chi connectivity index (χ2n) is 8.76. The maximum atomic E-state index is 13.7. The highest BCUT2D eigenvalue weighted by atomic mass is 35.5. The van der Waals surface area contributed by atoms with Gasteiger partial charge in [0.05, 0.1) is 6.04 Å². The summed E-state index contributed by atoms with van der Waals surface area (Å²) in [5.74, 6) is 0.173. The van der Waals surface area contributed by atoms with Crippen LogP contribution in [0.1, 0.15) is 59.3 Å². The van der Waals surface area contributed by atoms with Crippen molar-refractivity contribution >= 4 is 17.5 Å². The summed E-state index contributed by atoms with van der Waals surface area (Å²) < 4.78 is 1.88. The van der Waals surface area contributed by atoms with Gasteiger partial charge < -0.3 is 15.2 Å². The normalized spacial score (nSPS) is 11.8. The first-order chi connectivity index (χ1) is 16.8. The number of carbonyl (C=O) groups is 1. The number of rotatable bonds is 9. The number of nitrogens with two attached hydrogens (primary N) is 1. The van der Waals surface area contributed by atoms with Crippen LogP contribution >= 0.6 is 11.6 Å². The van der Waals surface area contributed by atoms with Crippen LogP contribution in [0.25, 0.3) is 0 Å². The minimum Gasteiger partial charge on any atom is -0.330 e. The number of carbonyl (C=O) groups excluding carboxylic acids is 1. The molecule has 0 aliphatic carbocycles. The Bertz CT molecular complexity index is 1260. The maximum absolute atomic E-state index is 13.7. The van der Waals surface area contributed by atoms with Gasteiger partial charge in [0.2, 0.25) is 0 Å². The first kappa shape index (κ1) is 26.1. The third-order valence-electron chi connectivity index (χ3n) is 5.96. The average Bonchev–Trinajstić information content (AvgIpc) is 2.84. The quantitative estimate of drug-likeness (QED) is 0.480. The zero-order valence-electron chi connectivity index (χ0n) is 20.2. The fraction of sp³-hybridized carbons (Fsp3) is 0.333. The Morgan fingerprint density at radius 3 is 2.40 bits per heavy atom. The highest BCUT2D eigenvalue weighted by Crippen LogP contribution is 2.30. The molecule has 2 N–H and O–H groups in total. The summed E-state index contributed by atoms with van der Waals surface area (Å²) in [6.07, 6.45) is 0.584. The van der Waals surface area contributed by atoms with Gasteiger partial charge in [-0.25, -0.2) is 0 Å². The molecular formula is C27H30ClN5O2. The average molecular weight is 492 g/mol. The van der Waals surface area contributed by atoms with E-state index >= 15 is 0 Å². The Labute approximate surface area is 210 Å². The van der Waals surface area contributed by atoms with E-state index < -0.39 is 11.6 Å². The van der Waals surface area contributed by atoms with Crippen LogP contribution in [0.5, 0.6) is 0 Å². The predicted octanol–water partition coefficient (Wildman–Crippen LogP) is 4.31. The largest absolute Gasteiger partial charge is 0.330 e. The molecule has 7 nitrogen and oxygen atoms in total. The van der Waals surface area contributed by atoms with Gasteiger partial charge in [0.25, 0.3) is 11.5 Å². The van der Waals surface area contributed by atoms with Crippen molar-refractivity contribution in [3.05, 3.63) is 98.2 Å². The lowest BCUT2D eigenvalue weighted by Crippen LogP contribution is -2.42. The summed E-state index contributed by atoms with van der Waals surface area (Å²) in [7, 11) is 0. The Morgan fingerprint density at radius 1 is 1.17 bits per heavy atom. The molecule has 0 saturated heterocycles. The summed E-state index contributed by atoms with van der Waals surface area (Å²) in [6.45, 7) is 6.93. The van der Waals surface area contributed by atoms with Crippen LogP contribution in [0.15, 0.2) is 59.4 Å². The Kier molecular flexibility index (Phi) is 8.80. The molecule has 1 atom stereocenters. The van der Waals surface area contributed by atoms with Gasteiger partial charge in [0, 0.05) is 29.4 Å². The SMILES string of the molecule is Cc1c(C#N)c(=O)nc(C(C(C)C)N(CCCN)C(=O)c2ccc(Cl)cc2)n1Cc1ccccc1. The molecule has 3 rings (SSSR count). The number of hydrogen-bond acceptors (Lipinski definition) is 5. The zero-order chi connectivity index (χ0) is 25.5. The van der Waals surface area contributed by atoms with Crippen LogP contribution in [0, 0.1) is 24.2 Å². The lowest BCUT2D eigenvalue weighted by Gasteiger charge is -2.36. The monoisotopic (exact) mass is 491 g/mol. The van der Waals surface area contributed by atoms with Gasteiger partial charge >= 0.3 is 0 Å². The summed E-state index contributed by atoms with van der Waals surface area (Å²) in [6, 6.07) is 17.9. The van der Waals surface area contributed by atoms with E-state index in [1.807, 2.05) is 54.8 Å². The second-order valence-corrected chi connectivity index (χ2v) is 9.19. The molecule has 1 heterocycles. The molecule has 0 spiro atoms. The number of benzene rings is 2. The van der Waals surface area contributed by atoms with E-state index in [1.54, 1.807) is 36.1 Å². The first-order valence-electron chi connectivity index (χ1n) is 11.6. The first-order valence-corrected chi connectivity index (χ1v) is 12.0. The Hall–Kier alpha value is -3.47. The van der Waals surface area contributed by atoms with Crippen molar-refractivity contribution in [2.24, 2.45) is 11.7 Å². The number of amides is 1. The lowest BCUT2D eigenvalue weighted by atomic mass is 9.98. The van der Waals surface area contributed by atoms with Gasteiger partial charge in [0.15, 0.2) is 0 Å². The molecule has 0 aliphatic rings. The molecule has 1 amide bonds. The predicted molar refractivity (Wildman–Crippen MR) is 137 cm³/mol. The Morgan fingerprint density at radius 2 is 1.83 bits per heavy atom. The smallest absolute Gasteiger partial charge is 0.291 e. The molecule has 0 fully saturated rings. The van der Waals surface area contributed by atoms with Crippen LogP contribution in [0.4, 0.5) is 0 Å². The standard InChI is InChI=1S/C27H30ClN5O2/c1-18(2)24(32(15-7-14-29)27(35)21-10-12-22(28)13-11-21)25-31-26(34)23(16-30)19(3)33(25)17-20-8-5-4-6-9-20/h4-6,8-13,18,24H,7,14-15,17,29H2,1-3H3. The van der Waals surface area contributed by atoms with Gasteiger partial charge in [-0.3, -0.25) is 9.59 Å². The van der Waals surface area contributed by atoms with E-state index in [2.05, 4.69) is 4.98 Å². The fourth-order valence-corrected chi connectivity index (χ4v) is 4.31. The summed E-state index contributed by atoms with van der Waals surface area (Å²) in [5, 5.41) is 10.2. The highest BCUT2D eigenvalue weighted by molar-refractivity contribution is 6.30. The molecule has 2 aromatic carbocycles. The van der Waals surface area contributed by atoms with E-state index in [4.69, 9.17) is 17.3 Å². The van der Waals surface area contributed by atoms with Crippen LogP contribution < -0.4 is 11.3 Å². The van der Waals surface area contributed by atoms with Gasteiger partial charge in [0.1, 0.15) is 17.5 Å². The molecule has 0 bridgehead atoms. The number of nitriles is 1. The number of hydrogen-bond donors (Lipinski definition) is 1. The minimum absolute atomic E-state index is 0.00437. The van der Waals surface area contributed by atoms with E-state index in [9.17, 15) is 14.9 Å². The van der Waals surface area contributed by atoms with Gasteiger partial charge in [-0.2, -0.15) is 10.2 Å². The van der Waals surface area contributed by atoms with Crippen molar-refractivity contribution in [3.8, 4) is 6.07 Å². The van der Waals surface area contributed by atoms with Crippen molar-refractivity contribution in [2.45, 2.75) is 39.8 Å². The van der Waals surface area contributed by atoms with Crippen LogP contribution in [-0.4, -0.2) is 33.4 Å². The molecule has 182 valence electrons. The van der Waals surface area contributed by atoms with Gasteiger partial charge in [-0.05, 0) is 55.6 Å². The van der Waals surface area contributed by atoms with E-state index in [0.29, 0.717) is 48.2 Å². The number of aromatic nitrogens is 2. The van der Waals surface area contributed by atoms with E-state index in [1.165, 1.54) is 0 Å².